The maximum atomic E-state index is 5.75. The molecule has 2 aromatic heterocycles. The number of benzene rings is 1. The van der Waals surface area contributed by atoms with E-state index in [1.807, 2.05) is 31.2 Å². The molecule has 0 radical (unpaired) electrons. The molecule has 7 nitrogen and oxygen atoms in total. The second-order valence-corrected chi connectivity index (χ2v) is 6.78. The first-order chi connectivity index (χ1) is 12.2. The van der Waals surface area contributed by atoms with Crippen LogP contribution in [0.5, 0.6) is 5.75 Å². The molecule has 8 heteroatoms. The van der Waals surface area contributed by atoms with Gasteiger partial charge >= 0.3 is 0 Å². The van der Waals surface area contributed by atoms with Crippen LogP contribution in [-0.2, 0) is 6.42 Å². The van der Waals surface area contributed by atoms with E-state index in [0.29, 0.717) is 22.8 Å². The zero-order chi connectivity index (χ0) is 17.6. The van der Waals surface area contributed by atoms with Gasteiger partial charge in [0.25, 0.3) is 11.1 Å². The molecule has 1 unspecified atom stereocenters. The lowest BCUT2D eigenvalue weighted by Gasteiger charge is -2.03. The molecule has 0 fully saturated rings. The molecule has 132 valence electrons. The lowest BCUT2D eigenvalue weighted by atomic mass is 10.2. The molecular formula is C17H20N4O3S. The molecule has 0 aliphatic rings. The van der Waals surface area contributed by atoms with Gasteiger partial charge in [0.2, 0.25) is 5.89 Å². The van der Waals surface area contributed by atoms with Crippen molar-refractivity contribution in [1.82, 2.24) is 20.3 Å². The lowest BCUT2D eigenvalue weighted by Crippen LogP contribution is -1.91. The summed E-state index contributed by atoms with van der Waals surface area (Å²) in [5.41, 5.74) is 0.761. The summed E-state index contributed by atoms with van der Waals surface area (Å²) in [5.74, 6) is 2.41. The number of unbranched alkanes of at least 4 members (excludes halogenated alkanes) is 1. The van der Waals surface area contributed by atoms with Crippen molar-refractivity contribution < 1.29 is 13.7 Å². The van der Waals surface area contributed by atoms with Crippen LogP contribution in [0.3, 0.4) is 0 Å². The predicted molar refractivity (Wildman–Crippen MR) is 93.5 cm³/mol. The van der Waals surface area contributed by atoms with E-state index in [2.05, 4.69) is 27.3 Å². The zero-order valence-electron chi connectivity index (χ0n) is 14.4. The SMILES string of the molecule is CCCCc1noc(C(C)Sc2nnc(-c3ccccc3OC)o2)n1. The molecule has 0 N–H and O–H groups in total. The Labute approximate surface area is 150 Å². The first-order valence-corrected chi connectivity index (χ1v) is 9.05. The molecule has 0 aliphatic carbocycles. The summed E-state index contributed by atoms with van der Waals surface area (Å²) in [6, 6.07) is 7.52. The third kappa shape index (κ3) is 4.19. The van der Waals surface area contributed by atoms with E-state index >= 15 is 0 Å². The second-order valence-electron chi connectivity index (χ2n) is 5.49. The van der Waals surface area contributed by atoms with E-state index < -0.39 is 0 Å². The van der Waals surface area contributed by atoms with Gasteiger partial charge in [-0.05, 0) is 25.5 Å². The number of nitrogens with zero attached hydrogens (tertiary/aromatic N) is 4. The Kier molecular flexibility index (Phi) is 5.70. The molecule has 0 bridgehead atoms. The lowest BCUT2D eigenvalue weighted by molar-refractivity contribution is 0.373. The molecule has 0 spiro atoms. The van der Waals surface area contributed by atoms with Gasteiger partial charge in [0.05, 0.1) is 17.9 Å². The highest BCUT2D eigenvalue weighted by molar-refractivity contribution is 7.99. The molecule has 2 heterocycles. The minimum atomic E-state index is -0.0751. The van der Waals surface area contributed by atoms with Crippen LogP contribution in [0.4, 0.5) is 0 Å². The van der Waals surface area contributed by atoms with Gasteiger partial charge in [-0.3, -0.25) is 0 Å². The second kappa shape index (κ2) is 8.15. The van der Waals surface area contributed by atoms with Crippen molar-refractivity contribution in [3.8, 4) is 17.2 Å². The van der Waals surface area contributed by atoms with Crippen molar-refractivity contribution in [3.05, 3.63) is 36.0 Å². The number of hydrogen-bond donors (Lipinski definition) is 0. The van der Waals surface area contributed by atoms with Crippen LogP contribution in [0.2, 0.25) is 0 Å². The van der Waals surface area contributed by atoms with Crippen molar-refractivity contribution in [2.45, 2.75) is 43.6 Å². The van der Waals surface area contributed by atoms with Gasteiger partial charge in [-0.25, -0.2) is 0 Å². The fourth-order valence-corrected chi connectivity index (χ4v) is 2.97. The van der Waals surface area contributed by atoms with Gasteiger partial charge in [-0.15, -0.1) is 10.2 Å². The van der Waals surface area contributed by atoms with Gasteiger partial charge in [0, 0.05) is 6.42 Å². The normalized spacial score (nSPS) is 12.3. The highest BCUT2D eigenvalue weighted by atomic mass is 32.2. The first-order valence-electron chi connectivity index (χ1n) is 8.17. The van der Waals surface area contributed by atoms with Gasteiger partial charge in [-0.1, -0.05) is 42.4 Å². The highest BCUT2D eigenvalue weighted by Crippen LogP contribution is 2.36. The molecular weight excluding hydrogens is 340 g/mol. The number of thioether (sulfide) groups is 1. The molecule has 3 rings (SSSR count). The smallest absolute Gasteiger partial charge is 0.277 e. The topological polar surface area (TPSA) is 87.1 Å². The van der Waals surface area contributed by atoms with Crippen LogP contribution in [0, 0.1) is 0 Å². The van der Waals surface area contributed by atoms with Crippen molar-refractivity contribution in [3.63, 3.8) is 0 Å². The van der Waals surface area contributed by atoms with E-state index in [4.69, 9.17) is 13.7 Å². The van der Waals surface area contributed by atoms with Gasteiger partial charge in [0.15, 0.2) is 5.82 Å². The van der Waals surface area contributed by atoms with Gasteiger partial charge in [0.1, 0.15) is 5.75 Å². The molecule has 0 saturated heterocycles. The number of hydrogen-bond acceptors (Lipinski definition) is 8. The number of rotatable bonds is 8. The Bertz CT molecular complexity index is 818. The Morgan fingerprint density at radius 3 is 2.88 bits per heavy atom. The zero-order valence-corrected chi connectivity index (χ0v) is 15.2. The average molecular weight is 360 g/mol. The van der Waals surface area contributed by atoms with E-state index in [9.17, 15) is 0 Å². The molecule has 3 aromatic rings. The van der Waals surface area contributed by atoms with Crippen LogP contribution < -0.4 is 4.74 Å². The number of aryl methyl sites for hydroxylation is 1. The van der Waals surface area contributed by atoms with Gasteiger partial charge in [-0.2, -0.15) is 4.98 Å². The van der Waals surface area contributed by atoms with Crippen molar-refractivity contribution in [2.75, 3.05) is 7.11 Å². The average Bonchev–Trinajstić information content (AvgIpc) is 3.29. The van der Waals surface area contributed by atoms with E-state index in [0.717, 1.165) is 30.7 Å². The predicted octanol–water partition coefficient (Wildman–Crippen LogP) is 4.32. The first kappa shape index (κ1) is 17.5. The monoisotopic (exact) mass is 360 g/mol. The summed E-state index contributed by atoms with van der Waals surface area (Å²) in [5, 5.41) is 12.6. The number of aromatic nitrogens is 4. The minimum absolute atomic E-state index is 0.0751. The molecule has 0 saturated carbocycles. The van der Waals surface area contributed by atoms with Crippen LogP contribution in [0.1, 0.15) is 43.7 Å². The van der Waals surface area contributed by atoms with E-state index in [1.54, 1.807) is 7.11 Å². The Balaban J connectivity index is 1.69. The number of para-hydroxylation sites is 1. The quantitative estimate of drug-likeness (QED) is 0.549. The highest BCUT2D eigenvalue weighted by Gasteiger charge is 2.20. The maximum Gasteiger partial charge on any atom is 0.277 e. The summed E-state index contributed by atoms with van der Waals surface area (Å²) >= 11 is 1.39. The number of ether oxygens (including phenoxy) is 1. The van der Waals surface area contributed by atoms with Crippen molar-refractivity contribution in [1.29, 1.82) is 0 Å². The van der Waals surface area contributed by atoms with Crippen LogP contribution in [0.15, 0.2) is 38.4 Å². The fraction of sp³-hybridized carbons (Fsp3) is 0.412. The summed E-state index contributed by atoms with van der Waals surface area (Å²) < 4.78 is 16.4. The third-order valence-corrected chi connectivity index (χ3v) is 4.53. The molecule has 0 aliphatic heterocycles. The van der Waals surface area contributed by atoms with Gasteiger partial charge < -0.3 is 13.7 Å². The molecule has 1 aromatic carbocycles. The number of methoxy groups -OCH3 is 1. The summed E-state index contributed by atoms with van der Waals surface area (Å²) in [4.78, 5) is 4.43. The summed E-state index contributed by atoms with van der Waals surface area (Å²) in [7, 11) is 1.61. The van der Waals surface area contributed by atoms with Crippen LogP contribution in [-0.4, -0.2) is 27.4 Å². The van der Waals surface area contributed by atoms with E-state index in [-0.39, 0.29) is 5.25 Å². The third-order valence-electron chi connectivity index (χ3n) is 3.61. The van der Waals surface area contributed by atoms with E-state index in [1.165, 1.54) is 11.8 Å². The Morgan fingerprint density at radius 1 is 1.24 bits per heavy atom. The van der Waals surface area contributed by atoms with Crippen LogP contribution in [0.25, 0.3) is 11.5 Å². The standard InChI is InChI=1S/C17H20N4O3S/c1-4-5-10-14-18-15(24-21-14)11(2)25-17-20-19-16(23-17)12-8-6-7-9-13(12)22-3/h6-9,11H,4-5,10H2,1-3H3. The Morgan fingerprint density at radius 2 is 2.08 bits per heavy atom. The molecule has 0 amide bonds. The summed E-state index contributed by atoms with van der Waals surface area (Å²) in [6.45, 7) is 4.10. The fourth-order valence-electron chi connectivity index (χ4n) is 2.26. The Hall–Kier alpha value is -2.35. The largest absolute Gasteiger partial charge is 0.496 e. The maximum absolute atomic E-state index is 5.75. The summed E-state index contributed by atoms with van der Waals surface area (Å²) in [6.07, 6.45) is 2.98. The molecule has 1 atom stereocenters. The van der Waals surface area contributed by atoms with Crippen molar-refractivity contribution in [2.24, 2.45) is 0 Å². The molecule has 25 heavy (non-hydrogen) atoms. The van der Waals surface area contributed by atoms with Crippen molar-refractivity contribution >= 4 is 11.8 Å². The minimum Gasteiger partial charge on any atom is -0.496 e. The van der Waals surface area contributed by atoms with Crippen LogP contribution >= 0.6 is 11.8 Å².